The van der Waals surface area contributed by atoms with Crippen molar-refractivity contribution in [2.75, 3.05) is 0 Å². The smallest absolute Gasteiger partial charge is 0.545 e. The number of phenols is 2. The molecule has 6 rings (SSSR count). The molecule has 6 aromatic rings. The van der Waals surface area contributed by atoms with Crippen LogP contribution in [0.1, 0.15) is 20.7 Å². The van der Waals surface area contributed by atoms with Crippen molar-refractivity contribution in [2.45, 2.75) is 0 Å². The molecule has 3 aromatic carbocycles. The van der Waals surface area contributed by atoms with Gasteiger partial charge in [0.1, 0.15) is 11.5 Å². The summed E-state index contributed by atoms with van der Waals surface area (Å²) in [5.41, 5.74) is 5.29. The third kappa shape index (κ3) is 9.59. The van der Waals surface area contributed by atoms with E-state index in [9.17, 15) is 19.8 Å². The summed E-state index contributed by atoms with van der Waals surface area (Å²) in [5, 5.41) is 38.0. The summed E-state index contributed by atoms with van der Waals surface area (Å²) in [6.45, 7) is 0. The zero-order valence-electron chi connectivity index (χ0n) is 23.4. The number of benzene rings is 3. The van der Waals surface area contributed by atoms with Gasteiger partial charge in [0.15, 0.2) is 0 Å². The van der Waals surface area contributed by atoms with Crippen molar-refractivity contribution in [3.63, 3.8) is 0 Å². The number of carbonyl (C=O) groups excluding carboxylic acids is 2. The Balaban J connectivity index is 0.000000218. The standard InChI is InChI=1S/C21H15N3.2C7H6O3.Cu/c1-2-8-16(9-3-1)17-14-20(18-10-4-6-12-22-18)24-21(15-17)19-11-5-7-13-23-19;2*8-6-4-2-1-3-5(6)7(9)10;/h1-15H;2*1-4,8H,(H,9,10);/q;;;+2/p-2. The Labute approximate surface area is 269 Å². The first-order valence-corrected chi connectivity index (χ1v) is 13.2. The Morgan fingerprint density at radius 3 is 1.24 bits per heavy atom. The van der Waals surface area contributed by atoms with Gasteiger partial charge in [-0.15, -0.1) is 0 Å². The third-order valence-corrected chi connectivity index (χ3v) is 6.04. The van der Waals surface area contributed by atoms with Crippen LogP contribution in [0.4, 0.5) is 0 Å². The molecule has 0 bridgehead atoms. The molecule has 227 valence electrons. The van der Waals surface area contributed by atoms with E-state index >= 15 is 0 Å². The number of carbonyl (C=O) groups is 2. The van der Waals surface area contributed by atoms with Crippen molar-refractivity contribution in [2.24, 2.45) is 0 Å². The van der Waals surface area contributed by atoms with Gasteiger partial charge in [0, 0.05) is 23.5 Å². The van der Waals surface area contributed by atoms with E-state index in [2.05, 4.69) is 34.2 Å². The fourth-order valence-electron chi connectivity index (χ4n) is 3.91. The molecule has 3 aromatic heterocycles. The van der Waals surface area contributed by atoms with Gasteiger partial charge in [0.2, 0.25) is 0 Å². The maximum Gasteiger partial charge on any atom is 2.00 e. The van der Waals surface area contributed by atoms with E-state index in [1.165, 1.54) is 36.4 Å². The number of nitrogens with zero attached hydrogens (tertiary/aromatic N) is 3. The molecule has 3 heterocycles. The van der Waals surface area contributed by atoms with Gasteiger partial charge < -0.3 is 30.0 Å². The Morgan fingerprint density at radius 1 is 0.489 bits per heavy atom. The van der Waals surface area contributed by atoms with Crippen LogP contribution in [-0.2, 0) is 17.1 Å². The number of aromatic nitrogens is 3. The SMILES string of the molecule is O=C([O-])c1ccccc1O.O=C([O-])c1ccccc1O.[Cu+2].c1ccc(-c2cc(-c3ccccn3)nc(-c3ccccn3)c2)cc1. The van der Waals surface area contributed by atoms with Gasteiger partial charge in [-0.3, -0.25) is 9.97 Å². The van der Waals surface area contributed by atoms with E-state index in [0.717, 1.165) is 33.9 Å². The maximum atomic E-state index is 10.2. The van der Waals surface area contributed by atoms with Crippen LogP contribution in [0.25, 0.3) is 33.9 Å². The predicted octanol–water partition coefficient (Wildman–Crippen LogP) is 4.38. The molecule has 10 heteroatoms. The van der Waals surface area contributed by atoms with E-state index < -0.39 is 11.9 Å². The summed E-state index contributed by atoms with van der Waals surface area (Å²) < 4.78 is 0. The second-order valence-electron chi connectivity index (χ2n) is 9.03. The molecule has 2 N–H and O–H groups in total. The van der Waals surface area contributed by atoms with Crippen molar-refractivity contribution in [1.29, 1.82) is 0 Å². The predicted molar refractivity (Wildman–Crippen MR) is 161 cm³/mol. The van der Waals surface area contributed by atoms with Crippen LogP contribution in [0.15, 0.2) is 140 Å². The van der Waals surface area contributed by atoms with Gasteiger partial charge in [-0.1, -0.05) is 66.7 Å². The molecule has 0 amide bonds. The average molecular weight is 647 g/mol. The zero-order chi connectivity index (χ0) is 31.3. The molecule has 0 saturated carbocycles. The van der Waals surface area contributed by atoms with E-state index in [1.54, 1.807) is 24.5 Å². The molecule has 45 heavy (non-hydrogen) atoms. The number of pyridine rings is 3. The van der Waals surface area contributed by atoms with E-state index in [4.69, 9.17) is 15.2 Å². The van der Waals surface area contributed by atoms with Crippen LogP contribution in [-0.4, -0.2) is 37.1 Å². The van der Waals surface area contributed by atoms with Crippen molar-refractivity contribution in [3.8, 4) is 45.4 Å². The minimum Gasteiger partial charge on any atom is -0.545 e. The normalized spacial score (nSPS) is 9.69. The monoisotopic (exact) mass is 646 g/mol. The number of carboxylic acids is 2. The average Bonchev–Trinajstić information content (AvgIpc) is 3.06. The molecule has 0 spiro atoms. The molecule has 9 nitrogen and oxygen atoms in total. The number of rotatable bonds is 5. The Kier molecular flexibility index (Phi) is 12.5. The fourth-order valence-corrected chi connectivity index (χ4v) is 3.91. The topological polar surface area (TPSA) is 159 Å². The van der Waals surface area contributed by atoms with Gasteiger partial charge in [-0.2, -0.15) is 0 Å². The summed E-state index contributed by atoms with van der Waals surface area (Å²) in [7, 11) is 0. The van der Waals surface area contributed by atoms with Gasteiger partial charge in [-0.05, 0) is 71.8 Å². The summed E-state index contributed by atoms with van der Waals surface area (Å²) in [5.74, 6) is -3.25. The molecule has 0 saturated heterocycles. The second kappa shape index (κ2) is 16.7. The van der Waals surface area contributed by atoms with Gasteiger partial charge in [-0.25, -0.2) is 4.98 Å². The van der Waals surface area contributed by atoms with Crippen molar-refractivity contribution < 1.29 is 47.1 Å². The van der Waals surface area contributed by atoms with E-state index in [-0.39, 0.29) is 39.7 Å². The minimum atomic E-state index is -1.36. The van der Waals surface area contributed by atoms with Crippen molar-refractivity contribution >= 4 is 11.9 Å². The molecule has 0 fully saturated rings. The Bertz CT molecular complexity index is 1640. The Morgan fingerprint density at radius 2 is 0.889 bits per heavy atom. The second-order valence-corrected chi connectivity index (χ2v) is 9.03. The van der Waals surface area contributed by atoms with Crippen LogP contribution >= 0.6 is 0 Å². The number of para-hydroxylation sites is 2. The van der Waals surface area contributed by atoms with Crippen LogP contribution < -0.4 is 10.2 Å². The largest absolute Gasteiger partial charge is 2.00 e. The molecule has 0 atom stereocenters. The van der Waals surface area contributed by atoms with Crippen molar-refractivity contribution in [3.05, 3.63) is 151 Å². The number of hydrogen-bond donors (Lipinski definition) is 2. The van der Waals surface area contributed by atoms with Crippen LogP contribution in [0.2, 0.25) is 0 Å². The van der Waals surface area contributed by atoms with Gasteiger partial charge in [0.05, 0.1) is 34.7 Å². The van der Waals surface area contributed by atoms with Crippen LogP contribution in [0.3, 0.4) is 0 Å². The summed E-state index contributed by atoms with van der Waals surface area (Å²) in [6.07, 6.45) is 3.57. The van der Waals surface area contributed by atoms with E-state index in [0.29, 0.717) is 0 Å². The Hall–Kier alpha value is -5.83. The van der Waals surface area contributed by atoms with Crippen LogP contribution in [0, 0.1) is 0 Å². The molecule has 0 aliphatic carbocycles. The quantitative estimate of drug-likeness (QED) is 0.259. The maximum absolute atomic E-state index is 10.2. The van der Waals surface area contributed by atoms with Gasteiger partial charge in [0.25, 0.3) is 0 Å². The van der Waals surface area contributed by atoms with Crippen LogP contribution in [0.5, 0.6) is 11.5 Å². The van der Waals surface area contributed by atoms with E-state index in [1.807, 2.05) is 54.6 Å². The minimum absolute atomic E-state index is 0. The van der Waals surface area contributed by atoms with Crippen molar-refractivity contribution in [1.82, 2.24) is 15.0 Å². The number of hydrogen-bond acceptors (Lipinski definition) is 9. The third-order valence-electron chi connectivity index (χ3n) is 6.04. The molecular formula is C35H25CuN3O6. The summed E-state index contributed by atoms with van der Waals surface area (Å²) >= 11 is 0. The first-order valence-electron chi connectivity index (χ1n) is 13.2. The van der Waals surface area contributed by atoms with Gasteiger partial charge >= 0.3 is 17.1 Å². The number of aromatic carboxylic acids is 2. The first-order chi connectivity index (χ1) is 21.3. The molecular weight excluding hydrogens is 622 g/mol. The number of aromatic hydroxyl groups is 2. The number of carboxylic acid groups (broad SMARTS) is 2. The zero-order valence-corrected chi connectivity index (χ0v) is 24.4. The summed E-state index contributed by atoms with van der Waals surface area (Å²) in [6, 6.07) is 37.4. The first kappa shape index (κ1) is 33.7. The molecule has 0 unspecified atom stereocenters. The molecule has 0 aliphatic rings. The summed E-state index contributed by atoms with van der Waals surface area (Å²) in [4.78, 5) is 33.9. The molecule has 0 aliphatic heterocycles. The fraction of sp³-hybridized carbons (Fsp3) is 0. The molecule has 1 radical (unpaired) electrons.